The second kappa shape index (κ2) is 5.86. The van der Waals surface area contributed by atoms with Gasteiger partial charge in [0, 0.05) is 23.7 Å². The molecule has 2 aromatic rings. The van der Waals surface area contributed by atoms with Gasteiger partial charge in [-0.2, -0.15) is 0 Å². The third-order valence-electron chi connectivity index (χ3n) is 3.79. The van der Waals surface area contributed by atoms with Crippen molar-refractivity contribution in [2.24, 2.45) is 0 Å². The number of hydrogen-bond donors (Lipinski definition) is 0. The molecule has 3 heteroatoms. The molecule has 0 saturated heterocycles. The first kappa shape index (κ1) is 13.5. The molecule has 104 valence electrons. The van der Waals surface area contributed by atoms with Crippen molar-refractivity contribution < 1.29 is 4.74 Å². The molecule has 0 aromatic heterocycles. The molecule has 0 unspecified atom stereocenters. The molecule has 0 atom stereocenters. The number of nitrogens with zero attached hydrogens (tertiary/aromatic N) is 1. The summed E-state index contributed by atoms with van der Waals surface area (Å²) in [5.74, 6) is 1.81. The number of para-hydroxylation sites is 1. The van der Waals surface area contributed by atoms with E-state index in [1.54, 1.807) is 0 Å². The first-order valence-corrected chi connectivity index (χ1v) is 7.33. The van der Waals surface area contributed by atoms with Crippen LogP contribution in [0.4, 0.5) is 0 Å². The minimum Gasteiger partial charge on any atom is -0.457 e. The highest BCUT2D eigenvalue weighted by Gasteiger charge is 2.18. The number of benzene rings is 2. The molecule has 2 aromatic carbocycles. The molecule has 1 aliphatic rings. The number of ether oxygens (including phenoxy) is 1. The number of fused-ring (bicyclic) bond motifs is 1. The molecule has 0 spiro atoms. The first-order valence-electron chi connectivity index (χ1n) is 6.96. The molecule has 0 aliphatic carbocycles. The van der Waals surface area contributed by atoms with Crippen molar-refractivity contribution in [3.63, 3.8) is 0 Å². The fourth-order valence-electron chi connectivity index (χ4n) is 2.62. The highest BCUT2D eigenvalue weighted by molar-refractivity contribution is 6.31. The monoisotopic (exact) mass is 287 g/mol. The summed E-state index contributed by atoms with van der Waals surface area (Å²) in [6.45, 7) is 2.08. The summed E-state index contributed by atoms with van der Waals surface area (Å²) < 4.78 is 6.05. The third kappa shape index (κ3) is 2.82. The quantitative estimate of drug-likeness (QED) is 0.822. The average molecular weight is 288 g/mol. The molecule has 0 saturated carbocycles. The van der Waals surface area contributed by atoms with Crippen LogP contribution in [-0.4, -0.2) is 25.0 Å². The molecular weight excluding hydrogens is 270 g/mol. The van der Waals surface area contributed by atoms with Crippen molar-refractivity contribution in [2.45, 2.75) is 12.8 Å². The lowest BCUT2D eigenvalue weighted by atomic mass is 10.0. The van der Waals surface area contributed by atoms with Gasteiger partial charge in [-0.05, 0) is 49.7 Å². The lowest BCUT2D eigenvalue weighted by molar-refractivity contribution is 0.351. The Kier molecular flexibility index (Phi) is 3.95. The van der Waals surface area contributed by atoms with E-state index in [9.17, 15) is 0 Å². The van der Waals surface area contributed by atoms with Crippen LogP contribution in [0.1, 0.15) is 11.1 Å². The fourth-order valence-corrected chi connectivity index (χ4v) is 2.89. The van der Waals surface area contributed by atoms with Crippen molar-refractivity contribution in [3.05, 3.63) is 58.6 Å². The molecular formula is C17H18ClNO. The van der Waals surface area contributed by atoms with E-state index in [1.165, 1.54) is 11.1 Å². The van der Waals surface area contributed by atoms with Crippen LogP contribution in [0.15, 0.2) is 42.5 Å². The summed E-state index contributed by atoms with van der Waals surface area (Å²) in [7, 11) is 2.15. The van der Waals surface area contributed by atoms with Gasteiger partial charge in [-0.15, -0.1) is 0 Å². The van der Waals surface area contributed by atoms with Crippen LogP contribution in [0.25, 0.3) is 0 Å². The fraction of sp³-hybridized carbons (Fsp3) is 0.294. The zero-order valence-electron chi connectivity index (χ0n) is 11.6. The Morgan fingerprint density at radius 2 is 1.65 bits per heavy atom. The standard InChI is InChI=1S/C17H18ClNO/c1-19-11-9-14-15(10-12-19)17(8-7-16(14)18)20-13-5-3-2-4-6-13/h2-8H,9-12H2,1H3. The predicted octanol–water partition coefficient (Wildman–Crippen LogP) is 4.16. The Balaban J connectivity index is 1.96. The summed E-state index contributed by atoms with van der Waals surface area (Å²) in [5.41, 5.74) is 2.50. The summed E-state index contributed by atoms with van der Waals surface area (Å²) in [6, 6.07) is 13.8. The zero-order chi connectivity index (χ0) is 13.9. The van der Waals surface area contributed by atoms with Gasteiger partial charge in [0.15, 0.2) is 0 Å². The van der Waals surface area contributed by atoms with Gasteiger partial charge < -0.3 is 9.64 Å². The molecule has 20 heavy (non-hydrogen) atoms. The van der Waals surface area contributed by atoms with Crippen molar-refractivity contribution in [3.8, 4) is 11.5 Å². The topological polar surface area (TPSA) is 12.5 Å². The van der Waals surface area contributed by atoms with Crippen LogP contribution >= 0.6 is 11.6 Å². The molecule has 0 N–H and O–H groups in total. The molecule has 3 rings (SSSR count). The van der Waals surface area contributed by atoms with Crippen LogP contribution in [0.3, 0.4) is 0 Å². The van der Waals surface area contributed by atoms with Gasteiger partial charge in [-0.3, -0.25) is 0 Å². The largest absolute Gasteiger partial charge is 0.457 e. The second-order valence-corrected chi connectivity index (χ2v) is 5.63. The molecule has 0 amide bonds. The van der Waals surface area contributed by atoms with Crippen molar-refractivity contribution in [1.82, 2.24) is 4.90 Å². The Hall–Kier alpha value is -1.51. The van der Waals surface area contributed by atoms with Gasteiger partial charge in [0.25, 0.3) is 0 Å². The highest BCUT2D eigenvalue weighted by Crippen LogP contribution is 2.34. The van der Waals surface area contributed by atoms with Crippen LogP contribution in [0.2, 0.25) is 5.02 Å². The minimum absolute atomic E-state index is 0.857. The van der Waals surface area contributed by atoms with Gasteiger partial charge >= 0.3 is 0 Å². The molecule has 1 aliphatic heterocycles. The minimum atomic E-state index is 0.857. The summed E-state index contributed by atoms with van der Waals surface area (Å²) in [6.07, 6.45) is 1.96. The van der Waals surface area contributed by atoms with Crippen LogP contribution < -0.4 is 4.74 Å². The summed E-state index contributed by atoms with van der Waals surface area (Å²) in [4.78, 5) is 2.34. The Morgan fingerprint density at radius 1 is 0.950 bits per heavy atom. The Bertz CT molecular complexity index is 597. The lowest BCUT2D eigenvalue weighted by Crippen LogP contribution is -2.20. The third-order valence-corrected chi connectivity index (χ3v) is 4.14. The van der Waals surface area contributed by atoms with E-state index in [1.807, 2.05) is 42.5 Å². The number of rotatable bonds is 2. The SMILES string of the molecule is CN1CCc2c(Cl)ccc(Oc3ccccc3)c2CC1. The Labute approximate surface area is 124 Å². The normalized spacial score (nSPS) is 15.5. The maximum Gasteiger partial charge on any atom is 0.131 e. The van der Waals surface area contributed by atoms with E-state index in [0.29, 0.717) is 0 Å². The van der Waals surface area contributed by atoms with Crippen LogP contribution in [-0.2, 0) is 12.8 Å². The average Bonchev–Trinajstić information content (AvgIpc) is 2.66. The lowest BCUT2D eigenvalue weighted by Gasteiger charge is -2.14. The van der Waals surface area contributed by atoms with Crippen molar-refractivity contribution in [2.75, 3.05) is 20.1 Å². The maximum absolute atomic E-state index is 6.36. The van der Waals surface area contributed by atoms with E-state index < -0.39 is 0 Å². The first-order chi connectivity index (χ1) is 9.74. The van der Waals surface area contributed by atoms with Crippen molar-refractivity contribution >= 4 is 11.6 Å². The second-order valence-electron chi connectivity index (χ2n) is 5.22. The van der Waals surface area contributed by atoms with Gasteiger partial charge in [-0.1, -0.05) is 29.8 Å². The maximum atomic E-state index is 6.36. The number of hydrogen-bond acceptors (Lipinski definition) is 2. The molecule has 2 nitrogen and oxygen atoms in total. The van der Waals surface area contributed by atoms with Crippen LogP contribution in [0, 0.1) is 0 Å². The number of halogens is 1. The summed E-state index contributed by atoms with van der Waals surface area (Å²) in [5, 5.41) is 0.857. The van der Waals surface area contributed by atoms with Crippen molar-refractivity contribution in [1.29, 1.82) is 0 Å². The van der Waals surface area contributed by atoms with E-state index in [4.69, 9.17) is 16.3 Å². The number of likely N-dealkylation sites (N-methyl/N-ethyl adjacent to an activating group) is 1. The van der Waals surface area contributed by atoms with E-state index in [-0.39, 0.29) is 0 Å². The predicted molar refractivity (Wildman–Crippen MR) is 82.9 cm³/mol. The molecule has 0 radical (unpaired) electrons. The summed E-state index contributed by atoms with van der Waals surface area (Å²) >= 11 is 6.36. The molecule has 1 heterocycles. The van der Waals surface area contributed by atoms with Crippen LogP contribution in [0.5, 0.6) is 11.5 Å². The van der Waals surface area contributed by atoms with Gasteiger partial charge in [0.2, 0.25) is 0 Å². The Morgan fingerprint density at radius 3 is 2.40 bits per heavy atom. The van der Waals surface area contributed by atoms with Gasteiger partial charge in [0.05, 0.1) is 0 Å². The van der Waals surface area contributed by atoms with E-state index >= 15 is 0 Å². The molecule has 0 bridgehead atoms. The smallest absolute Gasteiger partial charge is 0.131 e. The van der Waals surface area contributed by atoms with Gasteiger partial charge in [0.1, 0.15) is 11.5 Å². The highest BCUT2D eigenvalue weighted by atomic mass is 35.5. The van der Waals surface area contributed by atoms with E-state index in [2.05, 4.69) is 11.9 Å². The zero-order valence-corrected chi connectivity index (χ0v) is 12.4. The van der Waals surface area contributed by atoms with E-state index in [0.717, 1.165) is 42.5 Å². The molecule has 0 fully saturated rings. The van der Waals surface area contributed by atoms with Gasteiger partial charge in [-0.25, -0.2) is 0 Å².